The van der Waals surface area contributed by atoms with Crippen molar-refractivity contribution < 1.29 is 14.3 Å². The van der Waals surface area contributed by atoms with Gasteiger partial charge < -0.3 is 21.1 Å². The Balaban J connectivity index is 2.00. The monoisotopic (exact) mass is 328 g/mol. The van der Waals surface area contributed by atoms with Gasteiger partial charge in [-0.3, -0.25) is 5.32 Å². The minimum atomic E-state index is -0.594. The molecule has 2 aromatic carbocycles. The first-order valence-corrected chi connectivity index (χ1v) is 7.46. The number of rotatable bonds is 5. The molecule has 0 aliphatic carbocycles. The van der Waals surface area contributed by atoms with Crippen molar-refractivity contribution in [1.29, 1.82) is 0 Å². The van der Waals surface area contributed by atoms with Gasteiger partial charge in [0.25, 0.3) is 0 Å². The van der Waals surface area contributed by atoms with Gasteiger partial charge in [0.15, 0.2) is 0 Å². The fraction of sp³-hybridized carbons (Fsp3) is 0.176. The van der Waals surface area contributed by atoms with Gasteiger partial charge in [-0.1, -0.05) is 24.3 Å². The van der Waals surface area contributed by atoms with Crippen molar-refractivity contribution in [3.8, 4) is 0 Å². The van der Waals surface area contributed by atoms with E-state index in [4.69, 9.17) is 10.5 Å². The van der Waals surface area contributed by atoms with Gasteiger partial charge in [-0.2, -0.15) is 0 Å². The van der Waals surface area contributed by atoms with E-state index < -0.39 is 6.09 Å². The summed E-state index contributed by atoms with van der Waals surface area (Å²) in [4.78, 5) is 23.6. The molecule has 0 heterocycles. The Morgan fingerprint density at radius 1 is 1.00 bits per heavy atom. The molecule has 2 aromatic rings. The van der Waals surface area contributed by atoms with E-state index in [2.05, 4.69) is 16.0 Å². The van der Waals surface area contributed by atoms with Crippen LogP contribution in [-0.2, 0) is 4.74 Å². The van der Waals surface area contributed by atoms with Gasteiger partial charge >= 0.3 is 12.1 Å². The molecule has 0 spiro atoms. The van der Waals surface area contributed by atoms with Crippen molar-refractivity contribution in [2.45, 2.75) is 6.92 Å². The normalized spacial score (nSPS) is 9.92. The predicted octanol–water partition coefficient (Wildman–Crippen LogP) is 3.15. The molecule has 7 nitrogen and oxygen atoms in total. The number of carbonyl (C=O) groups is 2. The zero-order valence-corrected chi connectivity index (χ0v) is 13.3. The molecule has 0 aliphatic heterocycles. The van der Waals surface area contributed by atoms with Crippen molar-refractivity contribution in [2.75, 3.05) is 29.1 Å². The van der Waals surface area contributed by atoms with Crippen molar-refractivity contribution in [3.63, 3.8) is 0 Å². The second-order valence-corrected chi connectivity index (χ2v) is 5.02. The molecule has 0 radical (unpaired) electrons. The number of nitrogens with one attached hydrogen (secondary N) is 3. The van der Waals surface area contributed by atoms with E-state index in [0.29, 0.717) is 17.1 Å². The third-order valence-electron chi connectivity index (χ3n) is 3.11. The second kappa shape index (κ2) is 8.54. The highest BCUT2D eigenvalue weighted by Gasteiger charge is 2.08. The molecule has 0 saturated carbocycles. The summed E-state index contributed by atoms with van der Waals surface area (Å²) in [6, 6.07) is 13.9. The molecule has 0 aromatic heterocycles. The summed E-state index contributed by atoms with van der Waals surface area (Å²) in [5, 5.41) is 8.06. The maximum absolute atomic E-state index is 12.1. The van der Waals surface area contributed by atoms with Gasteiger partial charge in [-0.25, -0.2) is 9.59 Å². The Hall–Kier alpha value is -3.06. The molecule has 24 heavy (non-hydrogen) atoms. The molecule has 5 N–H and O–H groups in total. The van der Waals surface area contributed by atoms with E-state index in [1.54, 1.807) is 30.3 Å². The van der Waals surface area contributed by atoms with Crippen LogP contribution in [0.1, 0.15) is 5.56 Å². The number of hydrogen-bond acceptors (Lipinski definition) is 4. The van der Waals surface area contributed by atoms with Gasteiger partial charge in [-0.15, -0.1) is 0 Å². The molecular formula is C17H20N4O3. The summed E-state index contributed by atoms with van der Waals surface area (Å²) in [6.07, 6.45) is -0.594. The van der Waals surface area contributed by atoms with Crippen LogP contribution in [-0.4, -0.2) is 25.3 Å². The van der Waals surface area contributed by atoms with Crippen LogP contribution in [0.15, 0.2) is 48.5 Å². The van der Waals surface area contributed by atoms with E-state index in [9.17, 15) is 9.59 Å². The summed E-state index contributed by atoms with van der Waals surface area (Å²) in [5.41, 5.74) is 7.92. The Morgan fingerprint density at radius 3 is 2.46 bits per heavy atom. The number of nitrogens with two attached hydrogens (primary N) is 1. The predicted molar refractivity (Wildman–Crippen MR) is 94.3 cm³/mol. The number of anilines is 3. The van der Waals surface area contributed by atoms with Crippen LogP contribution >= 0.6 is 0 Å². The Bertz CT molecular complexity index is 704. The zero-order valence-electron chi connectivity index (χ0n) is 13.3. The van der Waals surface area contributed by atoms with Gasteiger partial charge in [0.05, 0.1) is 0 Å². The standard InChI is InChI=1S/C17H20N4O3/c1-12-7-8-14(20-17(23)24-10-9-18)11-15(12)21-16(22)19-13-5-3-2-4-6-13/h2-8,11H,9-10,18H2,1H3,(H,20,23)(H2,19,21,22). The van der Waals surface area contributed by atoms with E-state index in [-0.39, 0.29) is 19.2 Å². The van der Waals surface area contributed by atoms with Crippen molar-refractivity contribution in [2.24, 2.45) is 5.73 Å². The van der Waals surface area contributed by atoms with Gasteiger partial charge in [0, 0.05) is 23.6 Å². The minimum absolute atomic E-state index is 0.141. The lowest BCUT2D eigenvalue weighted by molar-refractivity contribution is 0.165. The molecule has 0 bridgehead atoms. The van der Waals surface area contributed by atoms with E-state index in [1.807, 2.05) is 25.1 Å². The first kappa shape index (κ1) is 17.3. The number of ether oxygens (including phenoxy) is 1. The van der Waals surface area contributed by atoms with Crippen molar-refractivity contribution in [3.05, 3.63) is 54.1 Å². The quantitative estimate of drug-likeness (QED) is 0.676. The number of para-hydroxylation sites is 1. The summed E-state index contributed by atoms with van der Waals surface area (Å²) in [5.74, 6) is 0. The SMILES string of the molecule is Cc1ccc(NC(=O)OCCN)cc1NC(=O)Nc1ccccc1. The number of carbonyl (C=O) groups excluding carboxylic acids is 2. The molecule has 0 unspecified atom stereocenters. The van der Waals surface area contributed by atoms with Crippen LogP contribution in [0.4, 0.5) is 26.7 Å². The maximum atomic E-state index is 12.1. The average molecular weight is 328 g/mol. The average Bonchev–Trinajstić information content (AvgIpc) is 2.57. The molecule has 2 rings (SSSR count). The first-order valence-electron chi connectivity index (χ1n) is 7.46. The van der Waals surface area contributed by atoms with Crippen LogP contribution in [0.2, 0.25) is 0 Å². The number of benzene rings is 2. The van der Waals surface area contributed by atoms with Crippen molar-refractivity contribution in [1.82, 2.24) is 0 Å². The third kappa shape index (κ3) is 5.29. The summed E-state index contributed by atoms with van der Waals surface area (Å²) in [7, 11) is 0. The highest BCUT2D eigenvalue weighted by Crippen LogP contribution is 2.21. The third-order valence-corrected chi connectivity index (χ3v) is 3.11. The summed E-state index contributed by atoms with van der Waals surface area (Å²) < 4.78 is 4.85. The molecular weight excluding hydrogens is 308 g/mol. The molecule has 3 amide bonds. The topological polar surface area (TPSA) is 105 Å². The number of amides is 3. The van der Waals surface area contributed by atoms with E-state index in [1.165, 1.54) is 0 Å². The number of urea groups is 1. The molecule has 0 fully saturated rings. The lowest BCUT2D eigenvalue weighted by Gasteiger charge is -2.12. The number of aryl methyl sites for hydroxylation is 1. The fourth-order valence-electron chi connectivity index (χ4n) is 1.95. The first-order chi connectivity index (χ1) is 11.6. The molecule has 0 aliphatic rings. The maximum Gasteiger partial charge on any atom is 0.411 e. The summed E-state index contributed by atoms with van der Waals surface area (Å²) >= 11 is 0. The van der Waals surface area contributed by atoms with Crippen LogP contribution in [0.5, 0.6) is 0 Å². The van der Waals surface area contributed by atoms with Gasteiger partial charge in [0.1, 0.15) is 6.61 Å². The Labute approximate surface area is 140 Å². The van der Waals surface area contributed by atoms with E-state index >= 15 is 0 Å². The van der Waals surface area contributed by atoms with Crippen LogP contribution in [0.25, 0.3) is 0 Å². The lowest BCUT2D eigenvalue weighted by atomic mass is 10.2. The smallest absolute Gasteiger partial charge is 0.411 e. The lowest BCUT2D eigenvalue weighted by Crippen LogP contribution is -2.21. The Morgan fingerprint density at radius 2 is 1.75 bits per heavy atom. The second-order valence-electron chi connectivity index (χ2n) is 5.02. The molecule has 0 atom stereocenters. The van der Waals surface area contributed by atoms with Crippen molar-refractivity contribution >= 4 is 29.2 Å². The Kier molecular flexibility index (Phi) is 6.16. The molecule has 126 valence electrons. The van der Waals surface area contributed by atoms with Crippen LogP contribution in [0, 0.1) is 6.92 Å². The molecule has 7 heteroatoms. The largest absolute Gasteiger partial charge is 0.448 e. The highest BCUT2D eigenvalue weighted by molar-refractivity contribution is 6.00. The fourth-order valence-corrected chi connectivity index (χ4v) is 1.95. The minimum Gasteiger partial charge on any atom is -0.448 e. The molecule has 0 saturated heterocycles. The van der Waals surface area contributed by atoms with Gasteiger partial charge in [0.2, 0.25) is 0 Å². The van der Waals surface area contributed by atoms with Crippen LogP contribution < -0.4 is 21.7 Å². The zero-order chi connectivity index (χ0) is 17.4. The number of hydrogen-bond donors (Lipinski definition) is 4. The van der Waals surface area contributed by atoms with Gasteiger partial charge in [-0.05, 0) is 36.8 Å². The highest BCUT2D eigenvalue weighted by atomic mass is 16.5. The van der Waals surface area contributed by atoms with E-state index in [0.717, 1.165) is 5.56 Å². The summed E-state index contributed by atoms with van der Waals surface area (Å²) in [6.45, 7) is 2.25. The van der Waals surface area contributed by atoms with Crippen LogP contribution in [0.3, 0.4) is 0 Å².